The van der Waals surface area contributed by atoms with Gasteiger partial charge in [0, 0.05) is 12.0 Å². The van der Waals surface area contributed by atoms with Crippen molar-refractivity contribution in [3.05, 3.63) is 42.2 Å². The van der Waals surface area contributed by atoms with Gasteiger partial charge in [0.25, 0.3) is 11.8 Å². The van der Waals surface area contributed by atoms with Crippen LogP contribution in [-0.2, 0) is 9.59 Å². The van der Waals surface area contributed by atoms with Crippen molar-refractivity contribution in [3.63, 3.8) is 0 Å². The standard InChI is InChI=1S/C17H13N3O5/c21-14-6-5-11(16(23)20-14)18-15(22)9-3-4-10-13(8-9)25-17(19-10)12-2-1-7-24-12/h1-4,7-8,11H,5-6H2,(H,18,22)(H,20,21,23). The average Bonchev–Trinajstić information content (AvgIpc) is 3.25. The third-order valence-corrected chi connectivity index (χ3v) is 3.93. The second kappa shape index (κ2) is 5.90. The highest BCUT2D eigenvalue weighted by Gasteiger charge is 2.28. The molecule has 0 saturated carbocycles. The van der Waals surface area contributed by atoms with E-state index >= 15 is 0 Å². The SMILES string of the molecule is O=C1CCC(NC(=O)c2ccc3nc(-c4ccco4)oc3c2)C(=O)N1. The molecule has 0 spiro atoms. The van der Waals surface area contributed by atoms with Crippen molar-refractivity contribution in [2.45, 2.75) is 18.9 Å². The molecule has 0 bridgehead atoms. The first-order valence-electron chi connectivity index (χ1n) is 7.69. The summed E-state index contributed by atoms with van der Waals surface area (Å²) in [7, 11) is 0. The molecular formula is C17H13N3O5. The Balaban J connectivity index is 1.55. The number of oxazole rings is 1. The first-order valence-corrected chi connectivity index (χ1v) is 7.69. The maximum absolute atomic E-state index is 12.4. The minimum Gasteiger partial charge on any atom is -0.459 e. The molecule has 1 fully saturated rings. The van der Waals surface area contributed by atoms with Crippen LogP contribution in [0.25, 0.3) is 22.8 Å². The molecule has 3 aromatic rings. The Bertz CT molecular complexity index is 974. The topological polar surface area (TPSA) is 114 Å². The minimum atomic E-state index is -0.727. The summed E-state index contributed by atoms with van der Waals surface area (Å²) in [5, 5.41) is 4.82. The van der Waals surface area contributed by atoms with Crippen molar-refractivity contribution >= 4 is 28.8 Å². The van der Waals surface area contributed by atoms with E-state index in [9.17, 15) is 14.4 Å². The summed E-state index contributed by atoms with van der Waals surface area (Å²) in [5.41, 5.74) is 1.35. The number of piperidine rings is 1. The molecular weight excluding hydrogens is 326 g/mol. The maximum atomic E-state index is 12.4. The number of nitrogens with zero attached hydrogens (tertiary/aromatic N) is 1. The molecule has 1 aliphatic rings. The number of fused-ring (bicyclic) bond motifs is 1. The van der Waals surface area contributed by atoms with Crippen molar-refractivity contribution < 1.29 is 23.2 Å². The Morgan fingerprint density at radius 3 is 2.92 bits per heavy atom. The number of carbonyl (C=O) groups excluding carboxylic acids is 3. The highest BCUT2D eigenvalue weighted by molar-refractivity contribution is 6.04. The van der Waals surface area contributed by atoms with Crippen molar-refractivity contribution in [2.75, 3.05) is 0 Å². The Morgan fingerprint density at radius 1 is 1.28 bits per heavy atom. The van der Waals surface area contributed by atoms with E-state index in [0.717, 1.165) is 0 Å². The highest BCUT2D eigenvalue weighted by Crippen LogP contribution is 2.25. The molecule has 3 amide bonds. The van der Waals surface area contributed by atoms with Crippen molar-refractivity contribution in [1.82, 2.24) is 15.6 Å². The summed E-state index contributed by atoms with van der Waals surface area (Å²) >= 11 is 0. The molecule has 8 heteroatoms. The van der Waals surface area contributed by atoms with Crippen LogP contribution in [0.3, 0.4) is 0 Å². The molecule has 1 aromatic carbocycles. The van der Waals surface area contributed by atoms with Gasteiger partial charge in [-0.25, -0.2) is 4.98 Å². The molecule has 1 saturated heterocycles. The molecule has 4 rings (SSSR count). The predicted molar refractivity (Wildman–Crippen MR) is 85.3 cm³/mol. The monoisotopic (exact) mass is 339 g/mol. The zero-order valence-electron chi connectivity index (χ0n) is 12.9. The summed E-state index contributed by atoms with van der Waals surface area (Å²) in [6.07, 6.45) is 2.00. The number of hydrogen-bond donors (Lipinski definition) is 2. The fourth-order valence-electron chi connectivity index (χ4n) is 2.64. The fourth-order valence-corrected chi connectivity index (χ4v) is 2.64. The smallest absolute Gasteiger partial charge is 0.263 e. The molecule has 1 unspecified atom stereocenters. The van der Waals surface area contributed by atoms with Crippen LogP contribution in [0.2, 0.25) is 0 Å². The van der Waals surface area contributed by atoms with E-state index in [4.69, 9.17) is 8.83 Å². The summed E-state index contributed by atoms with van der Waals surface area (Å²) < 4.78 is 10.9. The third kappa shape index (κ3) is 2.89. The van der Waals surface area contributed by atoms with Crippen molar-refractivity contribution in [3.8, 4) is 11.7 Å². The lowest BCUT2D eigenvalue weighted by molar-refractivity contribution is -0.134. The zero-order chi connectivity index (χ0) is 17.4. The van der Waals surface area contributed by atoms with Gasteiger partial charge in [0.05, 0.1) is 6.26 Å². The average molecular weight is 339 g/mol. The second-order valence-electron chi connectivity index (χ2n) is 5.66. The lowest BCUT2D eigenvalue weighted by atomic mass is 10.1. The first-order chi connectivity index (χ1) is 12.1. The Morgan fingerprint density at radius 2 is 2.16 bits per heavy atom. The number of amides is 3. The predicted octanol–water partition coefficient (Wildman–Crippen LogP) is 1.62. The van der Waals surface area contributed by atoms with Crippen molar-refractivity contribution in [1.29, 1.82) is 0 Å². The van der Waals surface area contributed by atoms with Gasteiger partial charge in [0.15, 0.2) is 11.3 Å². The van der Waals surface area contributed by atoms with E-state index < -0.39 is 17.9 Å². The van der Waals surface area contributed by atoms with Gasteiger partial charge in [0.2, 0.25) is 11.8 Å². The lowest BCUT2D eigenvalue weighted by Crippen LogP contribution is -2.52. The Labute approximate surface area is 141 Å². The van der Waals surface area contributed by atoms with Gasteiger partial charge in [-0.05, 0) is 36.8 Å². The van der Waals surface area contributed by atoms with Crippen LogP contribution >= 0.6 is 0 Å². The van der Waals surface area contributed by atoms with Gasteiger partial charge in [-0.15, -0.1) is 0 Å². The van der Waals surface area contributed by atoms with Crippen molar-refractivity contribution in [2.24, 2.45) is 0 Å². The van der Waals surface area contributed by atoms with Gasteiger partial charge in [-0.2, -0.15) is 0 Å². The number of rotatable bonds is 3. The Kier molecular flexibility index (Phi) is 3.57. The zero-order valence-corrected chi connectivity index (χ0v) is 12.9. The van der Waals surface area contributed by atoms with E-state index in [2.05, 4.69) is 15.6 Å². The van der Waals surface area contributed by atoms with Crippen LogP contribution in [0.1, 0.15) is 23.2 Å². The van der Waals surface area contributed by atoms with Gasteiger partial charge in [-0.1, -0.05) is 0 Å². The van der Waals surface area contributed by atoms with Gasteiger partial charge in [0.1, 0.15) is 11.6 Å². The van der Waals surface area contributed by atoms with Crippen LogP contribution in [0, 0.1) is 0 Å². The normalized spacial score (nSPS) is 17.5. The molecule has 0 radical (unpaired) electrons. The number of imide groups is 1. The number of nitrogens with one attached hydrogen (secondary N) is 2. The van der Waals surface area contributed by atoms with E-state index in [0.29, 0.717) is 28.3 Å². The third-order valence-electron chi connectivity index (χ3n) is 3.93. The van der Waals surface area contributed by atoms with Crippen LogP contribution in [0.4, 0.5) is 0 Å². The number of carbonyl (C=O) groups is 3. The molecule has 25 heavy (non-hydrogen) atoms. The summed E-state index contributed by atoms with van der Waals surface area (Å²) in [6.45, 7) is 0. The summed E-state index contributed by atoms with van der Waals surface area (Å²) in [6, 6.07) is 7.53. The molecule has 1 atom stereocenters. The Hall–Kier alpha value is -3.42. The number of hydrogen-bond acceptors (Lipinski definition) is 6. The maximum Gasteiger partial charge on any atom is 0.263 e. The second-order valence-corrected chi connectivity index (χ2v) is 5.66. The van der Waals surface area contributed by atoms with Gasteiger partial charge >= 0.3 is 0 Å². The van der Waals surface area contributed by atoms with Crippen LogP contribution < -0.4 is 10.6 Å². The molecule has 2 aromatic heterocycles. The van der Waals surface area contributed by atoms with Crippen LogP contribution in [0.15, 0.2) is 45.4 Å². The van der Waals surface area contributed by atoms with Crippen LogP contribution in [-0.4, -0.2) is 28.7 Å². The first kappa shape index (κ1) is 15.1. The summed E-state index contributed by atoms with van der Waals surface area (Å²) in [4.78, 5) is 39.5. The number of benzene rings is 1. The highest BCUT2D eigenvalue weighted by atomic mass is 16.4. The largest absolute Gasteiger partial charge is 0.459 e. The molecule has 2 N–H and O–H groups in total. The number of furan rings is 1. The molecule has 0 aliphatic carbocycles. The number of aromatic nitrogens is 1. The molecule has 8 nitrogen and oxygen atoms in total. The van der Waals surface area contributed by atoms with E-state index in [1.165, 1.54) is 6.26 Å². The van der Waals surface area contributed by atoms with E-state index in [1.54, 1.807) is 30.3 Å². The fraction of sp³-hybridized carbons (Fsp3) is 0.176. The molecule has 1 aliphatic heterocycles. The lowest BCUT2D eigenvalue weighted by Gasteiger charge is -2.21. The van der Waals surface area contributed by atoms with Crippen LogP contribution in [0.5, 0.6) is 0 Å². The molecule has 3 heterocycles. The van der Waals surface area contributed by atoms with E-state index in [-0.39, 0.29) is 18.7 Å². The molecule has 126 valence electrons. The van der Waals surface area contributed by atoms with Gasteiger partial charge in [-0.3, -0.25) is 19.7 Å². The van der Waals surface area contributed by atoms with Gasteiger partial charge < -0.3 is 14.2 Å². The van der Waals surface area contributed by atoms with E-state index in [1.807, 2.05) is 0 Å². The summed E-state index contributed by atoms with van der Waals surface area (Å²) in [5.74, 6) is -0.435. The minimum absolute atomic E-state index is 0.199. The quantitative estimate of drug-likeness (QED) is 0.701.